The molecule has 2 nitrogen and oxygen atoms in total. The van der Waals surface area contributed by atoms with Crippen molar-refractivity contribution in [3.8, 4) is 12.1 Å². The van der Waals surface area contributed by atoms with Crippen LogP contribution in [0.5, 0.6) is 0 Å². The summed E-state index contributed by atoms with van der Waals surface area (Å²) in [7, 11) is 0. The summed E-state index contributed by atoms with van der Waals surface area (Å²) in [4.78, 5) is 0. The number of nitriles is 2. The van der Waals surface area contributed by atoms with Crippen LogP contribution >= 0.6 is 0 Å². The molecule has 4 rings (SSSR count). The second-order valence-electron chi connectivity index (χ2n) is 6.45. The Bertz CT molecular complexity index is 913. The molecule has 0 N–H and O–H groups in total. The van der Waals surface area contributed by atoms with Crippen LogP contribution in [-0.2, 0) is 0 Å². The first kappa shape index (κ1) is 13.8. The second-order valence-corrected chi connectivity index (χ2v) is 6.45. The predicted octanol–water partition coefficient (Wildman–Crippen LogP) is 5.00. The van der Waals surface area contributed by atoms with Crippen LogP contribution in [0.2, 0.25) is 0 Å². The summed E-state index contributed by atoms with van der Waals surface area (Å²) in [6.07, 6.45) is 5.31. The van der Waals surface area contributed by atoms with Crippen molar-refractivity contribution in [1.29, 1.82) is 10.5 Å². The van der Waals surface area contributed by atoms with Gasteiger partial charge in [0, 0.05) is 0 Å². The molecule has 2 unspecified atom stereocenters. The van der Waals surface area contributed by atoms with Crippen molar-refractivity contribution in [2.75, 3.05) is 0 Å². The molecule has 0 radical (unpaired) electrons. The third-order valence-electron chi connectivity index (χ3n) is 5.24. The number of benzene rings is 2. The topological polar surface area (TPSA) is 47.6 Å². The summed E-state index contributed by atoms with van der Waals surface area (Å²) < 4.78 is 0. The van der Waals surface area contributed by atoms with E-state index in [-0.39, 0.29) is 0 Å². The molecule has 2 saturated carbocycles. The third kappa shape index (κ3) is 2.24. The lowest BCUT2D eigenvalue weighted by molar-refractivity contribution is 0.686. The maximum atomic E-state index is 9.09. The minimum Gasteiger partial charge on any atom is -0.192 e. The van der Waals surface area contributed by atoms with Gasteiger partial charge in [0.2, 0.25) is 0 Å². The van der Waals surface area contributed by atoms with Crippen molar-refractivity contribution >= 4 is 16.8 Å². The molecule has 0 amide bonds. The molecule has 2 aromatic carbocycles. The predicted molar refractivity (Wildman–Crippen MR) is 91.0 cm³/mol. The molecule has 0 aromatic heterocycles. The average molecular weight is 296 g/mol. The Morgan fingerprint density at radius 2 is 1.74 bits per heavy atom. The largest absolute Gasteiger partial charge is 0.192 e. The van der Waals surface area contributed by atoms with E-state index in [1.54, 1.807) is 0 Å². The van der Waals surface area contributed by atoms with E-state index in [4.69, 9.17) is 10.5 Å². The number of fused-ring (bicyclic) bond motifs is 3. The molecule has 0 saturated heterocycles. The van der Waals surface area contributed by atoms with Crippen LogP contribution in [0, 0.1) is 34.5 Å². The highest BCUT2D eigenvalue weighted by molar-refractivity contribution is 5.91. The van der Waals surface area contributed by atoms with Crippen molar-refractivity contribution in [2.24, 2.45) is 11.8 Å². The standard InChI is InChI=1S/C21H16N2/c22-12-19(13-23)21-11-17-10-18(21)9-16(17)8-15-6-3-5-14-4-1-2-7-20(14)15/h1-8,17-18H,9-11H2/b16-8+. The molecule has 0 spiro atoms. The van der Waals surface area contributed by atoms with E-state index < -0.39 is 0 Å². The van der Waals surface area contributed by atoms with Gasteiger partial charge in [0.05, 0.1) is 0 Å². The van der Waals surface area contributed by atoms with Gasteiger partial charge in [-0.3, -0.25) is 0 Å². The molecule has 2 bridgehead atoms. The highest BCUT2D eigenvalue weighted by Gasteiger charge is 2.40. The lowest BCUT2D eigenvalue weighted by Crippen LogP contribution is -2.04. The van der Waals surface area contributed by atoms with Gasteiger partial charge >= 0.3 is 0 Å². The summed E-state index contributed by atoms with van der Waals surface area (Å²) in [6.45, 7) is 0. The molecule has 23 heavy (non-hydrogen) atoms. The molecule has 2 atom stereocenters. The van der Waals surface area contributed by atoms with Crippen LogP contribution in [0.4, 0.5) is 0 Å². The van der Waals surface area contributed by atoms with Gasteiger partial charge in [0.1, 0.15) is 17.7 Å². The van der Waals surface area contributed by atoms with E-state index in [1.165, 1.54) is 21.9 Å². The van der Waals surface area contributed by atoms with Crippen LogP contribution in [0.3, 0.4) is 0 Å². The van der Waals surface area contributed by atoms with E-state index in [0.717, 1.165) is 24.8 Å². The van der Waals surface area contributed by atoms with Crippen LogP contribution in [-0.4, -0.2) is 0 Å². The zero-order valence-electron chi connectivity index (χ0n) is 12.8. The SMILES string of the molecule is N#CC(C#N)=C1CC2CC1C/C2=C\c1cccc2ccccc12. The molecule has 110 valence electrons. The third-order valence-corrected chi connectivity index (χ3v) is 5.24. The van der Waals surface area contributed by atoms with Crippen LogP contribution in [0.25, 0.3) is 16.8 Å². The molecule has 0 aliphatic heterocycles. The number of hydrogen-bond donors (Lipinski definition) is 0. The summed E-state index contributed by atoms with van der Waals surface area (Å²) in [5.74, 6) is 0.904. The van der Waals surface area contributed by atoms with Gasteiger partial charge in [0.25, 0.3) is 0 Å². The minimum absolute atomic E-state index is 0.349. The fourth-order valence-electron chi connectivity index (χ4n) is 4.17. The van der Waals surface area contributed by atoms with Gasteiger partial charge in [-0.2, -0.15) is 10.5 Å². The van der Waals surface area contributed by atoms with Crippen molar-refractivity contribution < 1.29 is 0 Å². The summed E-state index contributed by atoms with van der Waals surface area (Å²) in [5, 5.41) is 20.7. The van der Waals surface area contributed by atoms with E-state index in [9.17, 15) is 0 Å². The van der Waals surface area contributed by atoms with Crippen molar-refractivity contribution in [1.82, 2.24) is 0 Å². The van der Waals surface area contributed by atoms with Gasteiger partial charge in [0.15, 0.2) is 0 Å². The molecule has 2 aromatic rings. The number of rotatable bonds is 1. The van der Waals surface area contributed by atoms with Crippen molar-refractivity contribution in [3.05, 3.63) is 64.7 Å². The van der Waals surface area contributed by atoms with E-state index in [2.05, 4.69) is 60.7 Å². The van der Waals surface area contributed by atoms with Gasteiger partial charge in [-0.1, -0.05) is 54.1 Å². The maximum Gasteiger partial charge on any atom is 0.129 e. The van der Waals surface area contributed by atoms with Crippen molar-refractivity contribution in [3.63, 3.8) is 0 Å². The smallest absolute Gasteiger partial charge is 0.129 e. The fraction of sp³-hybridized carbons (Fsp3) is 0.238. The highest BCUT2D eigenvalue weighted by Crippen LogP contribution is 2.52. The normalized spacial score (nSPS) is 23.9. The molecule has 2 aliphatic carbocycles. The monoisotopic (exact) mass is 296 g/mol. The van der Waals surface area contributed by atoms with Crippen LogP contribution < -0.4 is 0 Å². The zero-order valence-corrected chi connectivity index (χ0v) is 12.8. The second kappa shape index (κ2) is 5.41. The first-order chi connectivity index (χ1) is 11.3. The van der Waals surface area contributed by atoms with Crippen molar-refractivity contribution in [2.45, 2.75) is 19.3 Å². The quantitative estimate of drug-likeness (QED) is 0.695. The summed E-state index contributed by atoms with van der Waals surface area (Å²) in [5.41, 5.74) is 4.19. The minimum atomic E-state index is 0.349. The van der Waals surface area contributed by atoms with Crippen LogP contribution in [0.15, 0.2) is 59.2 Å². The Labute approximate surface area is 136 Å². The lowest BCUT2D eigenvalue weighted by atomic mass is 9.87. The average Bonchev–Trinajstić information content (AvgIpc) is 3.17. The first-order valence-electron chi connectivity index (χ1n) is 8.01. The number of allylic oxidation sites excluding steroid dienone is 3. The fourth-order valence-corrected chi connectivity index (χ4v) is 4.17. The molecule has 2 heteroatoms. The lowest BCUT2D eigenvalue weighted by Gasteiger charge is -2.17. The zero-order chi connectivity index (χ0) is 15.8. The van der Waals surface area contributed by atoms with Crippen LogP contribution in [0.1, 0.15) is 24.8 Å². The van der Waals surface area contributed by atoms with E-state index in [0.29, 0.717) is 17.4 Å². The van der Waals surface area contributed by atoms with Gasteiger partial charge in [-0.25, -0.2) is 0 Å². The summed E-state index contributed by atoms with van der Waals surface area (Å²) >= 11 is 0. The Morgan fingerprint density at radius 3 is 2.48 bits per heavy atom. The first-order valence-corrected chi connectivity index (χ1v) is 8.01. The molecule has 2 aliphatic rings. The Hall–Kier alpha value is -2.84. The Kier molecular flexibility index (Phi) is 3.25. The van der Waals surface area contributed by atoms with Gasteiger partial charge < -0.3 is 0 Å². The number of nitrogens with zero attached hydrogens (tertiary/aromatic N) is 2. The molecular weight excluding hydrogens is 280 g/mol. The van der Waals surface area contributed by atoms with E-state index in [1.807, 2.05) is 0 Å². The van der Waals surface area contributed by atoms with Gasteiger partial charge in [-0.05, 0) is 53.0 Å². The summed E-state index contributed by atoms with van der Waals surface area (Å²) in [6, 6.07) is 19.0. The highest BCUT2D eigenvalue weighted by atomic mass is 14.4. The Morgan fingerprint density at radius 1 is 0.957 bits per heavy atom. The molecular formula is C21H16N2. The molecule has 0 heterocycles. The molecule has 2 fully saturated rings. The number of hydrogen-bond acceptors (Lipinski definition) is 2. The van der Waals surface area contributed by atoms with Gasteiger partial charge in [-0.15, -0.1) is 0 Å². The Balaban J connectivity index is 1.70. The van der Waals surface area contributed by atoms with E-state index >= 15 is 0 Å². The maximum absolute atomic E-state index is 9.09.